The van der Waals surface area contributed by atoms with Gasteiger partial charge in [-0.15, -0.1) is 11.3 Å². The van der Waals surface area contributed by atoms with E-state index in [4.69, 9.17) is 38.1 Å². The third-order valence-electron chi connectivity index (χ3n) is 18.2. The number of carbonyl (C=O) groups excluding carboxylic acids is 5. The summed E-state index contributed by atoms with van der Waals surface area (Å²) in [5.74, 6) is 2.76. The van der Waals surface area contributed by atoms with E-state index in [1.165, 1.54) is 68.0 Å². The molecule has 33 heteroatoms. The number of para-hydroxylation sites is 5. The van der Waals surface area contributed by atoms with E-state index in [9.17, 15) is 24.0 Å². The molecule has 610 valence electrons. The second-order valence-corrected chi connectivity index (χ2v) is 27.9. The average Bonchev–Trinajstić information content (AvgIpc) is 1.73. The summed E-state index contributed by atoms with van der Waals surface area (Å²) in [5, 5.41) is 33.8. The minimum absolute atomic E-state index is 0.209. The summed E-state index contributed by atoms with van der Waals surface area (Å²) in [6.07, 6.45) is 19.8. The van der Waals surface area contributed by atoms with Gasteiger partial charge in [0, 0.05) is 95.5 Å². The maximum Gasteiger partial charge on any atom is 0.254 e. The fourth-order valence-corrected chi connectivity index (χ4v) is 12.6. The Morgan fingerprint density at radius 2 is 0.737 bits per heavy atom. The molecule has 20 N–H and O–H groups in total. The van der Waals surface area contributed by atoms with Crippen LogP contribution in [0.25, 0.3) is 0 Å². The van der Waals surface area contributed by atoms with Gasteiger partial charge in [0.25, 0.3) is 29.5 Å². The van der Waals surface area contributed by atoms with E-state index in [-0.39, 0.29) is 33.9 Å². The fraction of sp³-hybridized carbons (Fsp3) is 0.235. The van der Waals surface area contributed by atoms with E-state index >= 15 is 0 Å². The molecule has 6 heterocycles. The van der Waals surface area contributed by atoms with Gasteiger partial charge in [-0.05, 0) is 135 Å². The van der Waals surface area contributed by atoms with Crippen molar-refractivity contribution in [3.63, 3.8) is 0 Å². The highest BCUT2D eigenvalue weighted by Gasteiger charge is 2.22. The molecule has 0 bridgehead atoms. The normalized spacial score (nSPS) is 12.3. The van der Waals surface area contributed by atoms with Crippen molar-refractivity contribution in [2.75, 3.05) is 73.9 Å². The van der Waals surface area contributed by atoms with Crippen LogP contribution >= 0.6 is 11.3 Å². The maximum atomic E-state index is 11.7. The zero-order chi connectivity index (χ0) is 83.4. The molecule has 6 aromatic carbocycles. The van der Waals surface area contributed by atoms with Gasteiger partial charge in [0.05, 0.1) is 14.2 Å². The molecular formula is C85H97N25O7S. The summed E-state index contributed by atoms with van der Waals surface area (Å²) in [7, 11) is 3.17. The fourth-order valence-electron chi connectivity index (χ4n) is 11.9. The quantitative estimate of drug-likeness (QED) is 0.0192. The molecule has 2 aliphatic carbocycles. The third-order valence-corrected chi connectivity index (χ3v) is 19.1. The molecule has 2 aliphatic rings. The summed E-state index contributed by atoms with van der Waals surface area (Å²) in [5.41, 5.74) is 33.4. The summed E-state index contributed by atoms with van der Waals surface area (Å²) in [6.45, 7) is 5.27. The predicted molar refractivity (Wildman–Crippen MR) is 465 cm³/mol. The van der Waals surface area contributed by atoms with Gasteiger partial charge in [0.1, 0.15) is 56.9 Å². The molecule has 14 rings (SSSR count). The predicted octanol–water partition coefficient (Wildman–Crippen LogP) is 14.3. The lowest BCUT2D eigenvalue weighted by Gasteiger charge is -2.23. The molecule has 0 radical (unpaired) electrons. The highest BCUT2D eigenvalue weighted by molar-refractivity contribution is 7.09. The Hall–Kier alpha value is -14.6. The number of aromatic nitrogens is 10. The van der Waals surface area contributed by atoms with Crippen LogP contribution in [0.4, 0.5) is 87.3 Å². The number of nitrogens with two attached hydrogens (primary N) is 5. The van der Waals surface area contributed by atoms with Crippen molar-refractivity contribution >= 4 is 128 Å². The van der Waals surface area contributed by atoms with Crippen molar-refractivity contribution in [2.45, 2.75) is 109 Å². The van der Waals surface area contributed by atoms with Gasteiger partial charge in [-0.3, -0.25) is 24.0 Å². The third kappa shape index (κ3) is 27.0. The lowest BCUT2D eigenvalue weighted by atomic mass is 9.96. The van der Waals surface area contributed by atoms with E-state index in [1.807, 2.05) is 183 Å². The number of anilines is 15. The van der Waals surface area contributed by atoms with Crippen molar-refractivity contribution in [1.29, 1.82) is 0 Å². The first kappa shape index (κ1) is 85.8. The summed E-state index contributed by atoms with van der Waals surface area (Å²) < 4.78 is 10.6. The van der Waals surface area contributed by atoms with Gasteiger partial charge in [0.2, 0.25) is 29.7 Å². The van der Waals surface area contributed by atoms with Crippen molar-refractivity contribution in [1.82, 2.24) is 49.8 Å². The first-order valence-electron chi connectivity index (χ1n) is 38.3. The van der Waals surface area contributed by atoms with E-state index < -0.39 is 29.5 Å². The van der Waals surface area contributed by atoms with E-state index in [0.29, 0.717) is 95.5 Å². The van der Waals surface area contributed by atoms with Crippen LogP contribution in [0.15, 0.2) is 218 Å². The van der Waals surface area contributed by atoms with Crippen LogP contribution in [0.3, 0.4) is 0 Å². The second kappa shape index (κ2) is 44.7. The molecule has 1 unspecified atom stereocenters. The van der Waals surface area contributed by atoms with Crippen LogP contribution in [-0.4, -0.2) is 118 Å². The van der Waals surface area contributed by atoms with Crippen LogP contribution in [0.5, 0.6) is 11.5 Å². The largest absolute Gasteiger partial charge is 0.493 e. The SMILES string of the molecule is CCC(C)Nc1ncc(C(N)=O)c(Nc2ccccc2)n1.COc1ccc(CNc2ncc(C(N)=O)c(Nc3ccccc3)n2)cc1OC.NC(=O)c1cnc(NC2CCCC2)nc1Nc1ccccc1.NC(=O)c1cnc(NC2CCCCC2)nc1Nc1ccccc1.NC(=O)c1cnc(NCCc2cccs2)nc1Nc1ccccc1. The molecule has 0 aliphatic heterocycles. The Balaban J connectivity index is 0.000000156. The number of thiophene rings is 1. The molecule has 0 spiro atoms. The number of carbonyl (C=O) groups is 5. The topological polar surface area (TPSA) is 483 Å². The van der Waals surface area contributed by atoms with E-state index in [2.05, 4.69) is 121 Å². The van der Waals surface area contributed by atoms with Crippen LogP contribution in [-0.2, 0) is 13.0 Å². The van der Waals surface area contributed by atoms with Gasteiger partial charge >= 0.3 is 0 Å². The monoisotopic (exact) mass is 1610 g/mol. The molecule has 0 saturated heterocycles. The molecular weight excluding hydrogens is 1520 g/mol. The highest BCUT2D eigenvalue weighted by Crippen LogP contribution is 2.31. The average molecular weight is 1610 g/mol. The number of rotatable bonds is 31. The summed E-state index contributed by atoms with van der Waals surface area (Å²) in [4.78, 5) is 102. The van der Waals surface area contributed by atoms with Crippen molar-refractivity contribution in [2.24, 2.45) is 28.7 Å². The Kier molecular flexibility index (Phi) is 32.5. The first-order valence-corrected chi connectivity index (χ1v) is 39.2. The highest BCUT2D eigenvalue weighted by atomic mass is 32.1. The standard InChI is InChI=1S/C20H21N5O3.C17H17N5OS.C17H21N5O.C16H19N5O.C15H19N5O/c1-27-16-9-8-13(10-17(16)28-2)11-22-20-23-12-15(18(21)26)19(25-20)24-14-6-4-3-5-7-14;18-15(23)14-11-20-17(19-9-8-13-7-4-10-24-13)22-16(14)21-12-5-2-1-3-6-12;18-15(23)14-11-19-17(21-13-9-5-2-6-10-13)22-16(14)20-12-7-3-1-4-8-12;17-14(22)13-10-18-16(20-12-8-4-5-9-12)21-15(13)19-11-6-2-1-3-7-11;1-3-10(2)18-15-17-9-12(13(16)21)14(20-15)19-11-7-5-4-6-8-11/h3-10,12H,11H2,1-2H3,(H2,21,26)(H2,22,23,24,25);1-7,10-11H,8-9H2,(H2,18,23)(H2,19,20,21,22);1,3-4,7-8,11,13H,2,5-6,9-10H2,(H2,18,23)(H2,19,20,21,22);1-3,6-7,10,12H,4-5,8-9H2,(H2,17,22)(H2,18,19,20,21);4-10H,3H2,1-2H3,(H2,16,21)(H2,17,18,19,20). The molecule has 32 nitrogen and oxygen atoms in total. The lowest BCUT2D eigenvalue weighted by Crippen LogP contribution is -2.24. The molecule has 1 atom stereocenters. The summed E-state index contributed by atoms with van der Waals surface area (Å²) in [6, 6.07) is 58.2. The van der Waals surface area contributed by atoms with Gasteiger partial charge in [0.15, 0.2) is 11.5 Å². The first-order chi connectivity index (χ1) is 57.4. The number of ether oxygens (including phenoxy) is 2. The molecule has 118 heavy (non-hydrogen) atoms. The second-order valence-electron chi connectivity index (χ2n) is 26.9. The number of nitrogens with one attached hydrogen (secondary N) is 10. The van der Waals surface area contributed by atoms with Crippen molar-refractivity contribution < 1.29 is 33.4 Å². The number of benzene rings is 6. The number of amides is 5. The Morgan fingerprint density at radius 1 is 0.407 bits per heavy atom. The van der Waals surface area contributed by atoms with Crippen LogP contribution < -0.4 is 91.3 Å². The lowest BCUT2D eigenvalue weighted by molar-refractivity contribution is 0.0992. The van der Waals surface area contributed by atoms with Gasteiger partial charge in [-0.25, -0.2) is 24.9 Å². The van der Waals surface area contributed by atoms with Crippen molar-refractivity contribution in [3.05, 3.63) is 257 Å². The molecule has 12 aromatic rings. The zero-order valence-electron chi connectivity index (χ0n) is 65.8. The Morgan fingerprint density at radius 3 is 1.08 bits per heavy atom. The van der Waals surface area contributed by atoms with Gasteiger partial charge in [-0.2, -0.15) is 24.9 Å². The molecule has 2 saturated carbocycles. The van der Waals surface area contributed by atoms with Gasteiger partial charge < -0.3 is 91.3 Å². The number of hydrogen-bond acceptors (Lipinski definition) is 28. The minimum atomic E-state index is -0.607. The maximum absolute atomic E-state index is 11.7. The van der Waals surface area contributed by atoms with Gasteiger partial charge in [-0.1, -0.05) is 142 Å². The smallest absolute Gasteiger partial charge is 0.254 e. The Bertz CT molecular complexity index is 5200. The number of nitrogens with zero attached hydrogens (tertiary/aromatic N) is 10. The van der Waals surface area contributed by atoms with Crippen LogP contribution in [0.1, 0.15) is 140 Å². The van der Waals surface area contributed by atoms with Crippen molar-refractivity contribution in [3.8, 4) is 11.5 Å². The molecule has 2 fully saturated rings. The molecule has 5 amide bonds. The zero-order valence-corrected chi connectivity index (χ0v) is 66.7. The van der Waals surface area contributed by atoms with E-state index in [0.717, 1.165) is 72.5 Å². The van der Waals surface area contributed by atoms with E-state index in [1.54, 1.807) is 25.6 Å². The Labute approximate surface area is 687 Å². The van der Waals surface area contributed by atoms with Crippen LogP contribution in [0, 0.1) is 0 Å². The van der Waals surface area contributed by atoms with Crippen LogP contribution in [0.2, 0.25) is 0 Å². The number of primary amides is 5. The minimum Gasteiger partial charge on any atom is -0.493 e. The molecule has 6 aromatic heterocycles. The number of hydrogen-bond donors (Lipinski definition) is 15. The summed E-state index contributed by atoms with van der Waals surface area (Å²) >= 11 is 1.72. The number of methoxy groups -OCH3 is 2.